The highest BCUT2D eigenvalue weighted by molar-refractivity contribution is 5.35. The largest absolute Gasteiger partial charge is 0.385 e. The van der Waals surface area contributed by atoms with E-state index in [1.54, 1.807) is 12.5 Å². The molecule has 0 spiro atoms. The van der Waals surface area contributed by atoms with E-state index >= 15 is 0 Å². The highest BCUT2D eigenvalue weighted by Crippen LogP contribution is 2.34. The summed E-state index contributed by atoms with van der Waals surface area (Å²) < 4.78 is 1.98. The molecule has 2 N–H and O–H groups in total. The number of aromatic nitrogens is 2. The van der Waals surface area contributed by atoms with Crippen molar-refractivity contribution < 1.29 is 5.11 Å². The summed E-state index contributed by atoms with van der Waals surface area (Å²) in [6.45, 7) is 3.69. The van der Waals surface area contributed by atoms with Crippen molar-refractivity contribution in [3.05, 3.63) is 53.6 Å². The standard InChI is InChI=1S/C14H17N3O/c1-2-17-9-15-8-12(17)14(18)13-11-6-4-3-5-10(11)7-16-13/h3-6,8-9,13-14,16,18H,2,7H2,1H3. The van der Waals surface area contributed by atoms with Crippen LogP contribution in [0.3, 0.4) is 0 Å². The molecular formula is C14H17N3O. The molecule has 1 aromatic carbocycles. The number of aryl methyl sites for hydroxylation is 1. The molecule has 18 heavy (non-hydrogen) atoms. The molecule has 2 heterocycles. The Balaban J connectivity index is 1.93. The van der Waals surface area contributed by atoms with E-state index in [9.17, 15) is 5.11 Å². The fourth-order valence-corrected chi connectivity index (χ4v) is 2.62. The number of imidazole rings is 1. The number of hydrogen-bond acceptors (Lipinski definition) is 3. The molecule has 4 nitrogen and oxygen atoms in total. The molecule has 0 radical (unpaired) electrons. The Hall–Kier alpha value is -1.65. The molecule has 0 bridgehead atoms. The van der Waals surface area contributed by atoms with Crippen LogP contribution in [0.25, 0.3) is 0 Å². The van der Waals surface area contributed by atoms with Crippen LogP contribution in [0.1, 0.15) is 35.9 Å². The average Bonchev–Trinajstić information content (AvgIpc) is 3.04. The van der Waals surface area contributed by atoms with E-state index in [0.29, 0.717) is 0 Å². The van der Waals surface area contributed by atoms with Crippen LogP contribution >= 0.6 is 0 Å². The van der Waals surface area contributed by atoms with Crippen molar-refractivity contribution in [3.8, 4) is 0 Å². The van der Waals surface area contributed by atoms with Crippen LogP contribution in [0, 0.1) is 0 Å². The van der Waals surface area contributed by atoms with Crippen molar-refractivity contribution in [2.45, 2.75) is 32.2 Å². The van der Waals surface area contributed by atoms with Crippen LogP contribution < -0.4 is 5.32 Å². The van der Waals surface area contributed by atoms with Crippen molar-refractivity contribution in [1.29, 1.82) is 0 Å². The minimum Gasteiger partial charge on any atom is -0.385 e. The number of nitrogens with zero attached hydrogens (tertiary/aromatic N) is 2. The van der Waals surface area contributed by atoms with Gasteiger partial charge in [-0.15, -0.1) is 0 Å². The van der Waals surface area contributed by atoms with Crippen molar-refractivity contribution >= 4 is 0 Å². The van der Waals surface area contributed by atoms with Gasteiger partial charge in [0.2, 0.25) is 0 Å². The number of aliphatic hydroxyl groups is 1. The molecule has 0 saturated heterocycles. The van der Waals surface area contributed by atoms with Crippen LogP contribution in [0.15, 0.2) is 36.8 Å². The normalized spacial score (nSPS) is 19.8. The van der Waals surface area contributed by atoms with Crippen LogP contribution in [0.5, 0.6) is 0 Å². The number of hydrogen-bond donors (Lipinski definition) is 2. The molecule has 4 heteroatoms. The zero-order valence-electron chi connectivity index (χ0n) is 10.4. The minimum atomic E-state index is -0.559. The van der Waals surface area contributed by atoms with Crippen LogP contribution in [0.4, 0.5) is 0 Å². The molecule has 2 aromatic rings. The van der Waals surface area contributed by atoms with Crippen LogP contribution in [0.2, 0.25) is 0 Å². The molecule has 1 aliphatic heterocycles. The summed E-state index contributed by atoms with van der Waals surface area (Å²) in [6, 6.07) is 8.19. The first-order chi connectivity index (χ1) is 8.81. The van der Waals surface area contributed by atoms with Gasteiger partial charge in [0, 0.05) is 13.1 Å². The summed E-state index contributed by atoms with van der Waals surface area (Å²) in [7, 11) is 0. The molecule has 0 aliphatic carbocycles. The average molecular weight is 243 g/mol. The Morgan fingerprint density at radius 1 is 1.50 bits per heavy atom. The van der Waals surface area contributed by atoms with Gasteiger partial charge >= 0.3 is 0 Å². The Morgan fingerprint density at radius 2 is 2.33 bits per heavy atom. The Morgan fingerprint density at radius 3 is 3.17 bits per heavy atom. The Bertz CT molecular complexity index is 549. The van der Waals surface area contributed by atoms with Gasteiger partial charge in [-0.3, -0.25) is 0 Å². The van der Waals surface area contributed by atoms with E-state index < -0.39 is 6.10 Å². The van der Waals surface area contributed by atoms with E-state index in [0.717, 1.165) is 18.8 Å². The third-order valence-electron chi connectivity index (χ3n) is 3.61. The third-order valence-corrected chi connectivity index (χ3v) is 3.61. The highest BCUT2D eigenvalue weighted by atomic mass is 16.3. The maximum Gasteiger partial charge on any atom is 0.115 e. The molecule has 3 rings (SSSR count). The van der Waals surface area contributed by atoms with Crippen molar-refractivity contribution in [2.24, 2.45) is 0 Å². The van der Waals surface area contributed by atoms with Crippen molar-refractivity contribution in [1.82, 2.24) is 14.9 Å². The molecule has 94 valence electrons. The van der Waals surface area contributed by atoms with E-state index in [1.807, 2.05) is 23.6 Å². The summed E-state index contributed by atoms with van der Waals surface area (Å²) in [5.74, 6) is 0. The number of rotatable bonds is 3. The lowest BCUT2D eigenvalue weighted by molar-refractivity contribution is 0.125. The highest BCUT2D eigenvalue weighted by Gasteiger charge is 2.30. The number of aliphatic hydroxyl groups excluding tert-OH is 1. The molecule has 0 amide bonds. The van der Waals surface area contributed by atoms with Gasteiger partial charge < -0.3 is 15.0 Å². The fourth-order valence-electron chi connectivity index (χ4n) is 2.62. The van der Waals surface area contributed by atoms with Crippen molar-refractivity contribution in [3.63, 3.8) is 0 Å². The Kier molecular flexibility index (Phi) is 2.89. The number of nitrogens with one attached hydrogen (secondary N) is 1. The lowest BCUT2D eigenvalue weighted by Gasteiger charge is -2.20. The van der Waals surface area contributed by atoms with Gasteiger partial charge in [-0.1, -0.05) is 24.3 Å². The van der Waals surface area contributed by atoms with E-state index in [-0.39, 0.29) is 6.04 Å². The topological polar surface area (TPSA) is 50.1 Å². The molecular weight excluding hydrogens is 226 g/mol. The van der Waals surface area contributed by atoms with Gasteiger partial charge in [-0.2, -0.15) is 0 Å². The zero-order chi connectivity index (χ0) is 12.5. The quantitative estimate of drug-likeness (QED) is 0.864. The fraction of sp³-hybridized carbons (Fsp3) is 0.357. The molecule has 0 fully saturated rings. The van der Waals surface area contributed by atoms with E-state index in [2.05, 4.69) is 22.4 Å². The van der Waals surface area contributed by atoms with Gasteiger partial charge in [-0.05, 0) is 18.1 Å². The van der Waals surface area contributed by atoms with Crippen LogP contribution in [-0.2, 0) is 13.1 Å². The van der Waals surface area contributed by atoms with E-state index in [4.69, 9.17) is 0 Å². The smallest absolute Gasteiger partial charge is 0.115 e. The zero-order valence-corrected chi connectivity index (χ0v) is 10.4. The van der Waals surface area contributed by atoms with Gasteiger partial charge in [-0.25, -0.2) is 4.98 Å². The first-order valence-electron chi connectivity index (χ1n) is 6.30. The summed E-state index contributed by atoms with van der Waals surface area (Å²) in [6.07, 6.45) is 2.95. The van der Waals surface area contributed by atoms with Crippen molar-refractivity contribution in [2.75, 3.05) is 0 Å². The van der Waals surface area contributed by atoms with E-state index in [1.165, 1.54) is 11.1 Å². The van der Waals surface area contributed by atoms with Crippen LogP contribution in [-0.4, -0.2) is 14.7 Å². The Labute approximate surface area is 106 Å². The van der Waals surface area contributed by atoms with Gasteiger partial charge in [0.1, 0.15) is 6.10 Å². The van der Waals surface area contributed by atoms with Gasteiger partial charge in [0.25, 0.3) is 0 Å². The second-order valence-electron chi connectivity index (χ2n) is 4.61. The summed E-state index contributed by atoms with van der Waals surface area (Å²) >= 11 is 0. The second-order valence-corrected chi connectivity index (χ2v) is 4.61. The molecule has 0 saturated carbocycles. The first-order valence-corrected chi connectivity index (χ1v) is 6.30. The number of fused-ring (bicyclic) bond motifs is 1. The number of benzene rings is 1. The predicted octanol–water partition coefficient (Wildman–Crippen LogP) is 1.78. The summed E-state index contributed by atoms with van der Waals surface area (Å²) in [5, 5.41) is 13.9. The maximum absolute atomic E-state index is 10.5. The third kappa shape index (κ3) is 1.74. The molecule has 1 aliphatic rings. The van der Waals surface area contributed by atoms with Gasteiger partial charge in [0.05, 0.1) is 24.3 Å². The first kappa shape index (κ1) is 11.4. The maximum atomic E-state index is 10.5. The lowest BCUT2D eigenvalue weighted by Crippen LogP contribution is -2.22. The SMILES string of the molecule is CCn1cncc1C(O)C1NCc2ccccc21. The minimum absolute atomic E-state index is 0.0387. The molecule has 2 unspecified atom stereocenters. The monoisotopic (exact) mass is 243 g/mol. The molecule has 2 atom stereocenters. The molecule has 1 aromatic heterocycles. The summed E-state index contributed by atoms with van der Waals surface area (Å²) in [5.41, 5.74) is 3.32. The predicted molar refractivity (Wildman–Crippen MR) is 68.9 cm³/mol. The second kappa shape index (κ2) is 4.55. The van der Waals surface area contributed by atoms with Gasteiger partial charge in [0.15, 0.2) is 0 Å². The summed E-state index contributed by atoms with van der Waals surface area (Å²) in [4.78, 5) is 4.12. The lowest BCUT2D eigenvalue weighted by atomic mass is 9.99.